The maximum atomic E-state index is 13.6. The van der Waals surface area contributed by atoms with Crippen LogP contribution in [0.25, 0.3) is 10.9 Å². The predicted octanol–water partition coefficient (Wildman–Crippen LogP) is 3.16. The number of likely N-dealkylation sites (tertiary alicyclic amines) is 1. The molecule has 1 saturated heterocycles. The lowest BCUT2D eigenvalue weighted by Crippen LogP contribution is -2.54. The second kappa shape index (κ2) is 6.25. The molecular weight excluding hydrogens is 340 g/mol. The highest BCUT2D eigenvalue weighted by atomic mass is 19.1. The highest BCUT2D eigenvalue weighted by Crippen LogP contribution is 2.25. The minimum Gasteiger partial charge on any atom is -0.360 e. The number of halogens is 2. The van der Waals surface area contributed by atoms with E-state index in [2.05, 4.69) is 10.3 Å². The van der Waals surface area contributed by atoms with Crippen molar-refractivity contribution in [1.29, 1.82) is 0 Å². The van der Waals surface area contributed by atoms with Gasteiger partial charge in [0.05, 0.1) is 17.2 Å². The van der Waals surface area contributed by atoms with Crippen LogP contribution in [-0.4, -0.2) is 34.8 Å². The normalized spacial score (nSPS) is 14.3. The third kappa shape index (κ3) is 2.81. The Labute approximate surface area is 147 Å². The number of benzene rings is 2. The first-order valence-electron chi connectivity index (χ1n) is 8.14. The van der Waals surface area contributed by atoms with Crippen molar-refractivity contribution < 1.29 is 18.4 Å². The minimum absolute atomic E-state index is 0.0715. The van der Waals surface area contributed by atoms with Gasteiger partial charge in [0.1, 0.15) is 11.6 Å². The van der Waals surface area contributed by atoms with E-state index in [0.717, 1.165) is 17.0 Å². The van der Waals surface area contributed by atoms with Gasteiger partial charge in [-0.25, -0.2) is 8.78 Å². The van der Waals surface area contributed by atoms with E-state index in [9.17, 15) is 18.4 Å². The van der Waals surface area contributed by atoms with Crippen LogP contribution in [0.3, 0.4) is 0 Å². The van der Waals surface area contributed by atoms with Crippen LogP contribution in [0.1, 0.15) is 10.4 Å². The van der Waals surface area contributed by atoms with Gasteiger partial charge in [-0.3, -0.25) is 9.59 Å². The number of amides is 2. The molecule has 1 aliphatic rings. The zero-order valence-electron chi connectivity index (χ0n) is 13.6. The Kier molecular flexibility index (Phi) is 3.91. The number of rotatable bonds is 3. The van der Waals surface area contributed by atoms with E-state index < -0.39 is 23.5 Å². The van der Waals surface area contributed by atoms with Crippen LogP contribution < -0.4 is 5.32 Å². The van der Waals surface area contributed by atoms with Crippen molar-refractivity contribution in [3.05, 3.63) is 65.9 Å². The number of carbonyl (C=O) groups excluding carboxylic acids is 2. The second-order valence-corrected chi connectivity index (χ2v) is 6.27. The van der Waals surface area contributed by atoms with Crippen molar-refractivity contribution in [3.63, 3.8) is 0 Å². The molecule has 2 heterocycles. The number of hydrogen-bond acceptors (Lipinski definition) is 2. The summed E-state index contributed by atoms with van der Waals surface area (Å²) in [5, 5.41) is 3.27. The van der Waals surface area contributed by atoms with Gasteiger partial charge in [-0.1, -0.05) is 18.2 Å². The fourth-order valence-electron chi connectivity index (χ4n) is 3.05. The molecule has 3 aromatic rings. The average Bonchev–Trinajstić information content (AvgIpc) is 3.00. The maximum absolute atomic E-state index is 13.6. The van der Waals surface area contributed by atoms with Crippen LogP contribution in [0.2, 0.25) is 0 Å². The first kappa shape index (κ1) is 16.3. The van der Waals surface area contributed by atoms with E-state index in [0.29, 0.717) is 11.6 Å². The molecule has 1 fully saturated rings. The molecule has 0 saturated carbocycles. The van der Waals surface area contributed by atoms with Crippen LogP contribution in [0, 0.1) is 17.6 Å². The number of para-hydroxylation sites is 1. The third-order valence-corrected chi connectivity index (χ3v) is 4.55. The van der Waals surface area contributed by atoms with Gasteiger partial charge in [0.25, 0.3) is 5.91 Å². The quantitative estimate of drug-likeness (QED) is 0.758. The molecule has 4 rings (SSSR count). The van der Waals surface area contributed by atoms with E-state index in [1.807, 2.05) is 24.3 Å². The molecule has 1 aromatic heterocycles. The zero-order valence-corrected chi connectivity index (χ0v) is 13.6. The summed E-state index contributed by atoms with van der Waals surface area (Å²) < 4.78 is 26.5. The molecule has 26 heavy (non-hydrogen) atoms. The minimum atomic E-state index is -0.829. The summed E-state index contributed by atoms with van der Waals surface area (Å²) in [6, 6.07) is 10.4. The van der Waals surface area contributed by atoms with Crippen molar-refractivity contribution in [2.45, 2.75) is 0 Å². The maximum Gasteiger partial charge on any atom is 0.256 e. The number of nitrogens with one attached hydrogen (secondary N) is 2. The summed E-state index contributed by atoms with van der Waals surface area (Å²) >= 11 is 0. The highest BCUT2D eigenvalue weighted by molar-refractivity contribution is 6.07. The molecule has 2 N–H and O–H groups in total. The number of fused-ring (bicyclic) bond motifs is 1. The van der Waals surface area contributed by atoms with Crippen molar-refractivity contribution in [3.8, 4) is 0 Å². The molecule has 0 atom stereocenters. The molecule has 5 nitrogen and oxygen atoms in total. The predicted molar refractivity (Wildman–Crippen MR) is 92.7 cm³/mol. The van der Waals surface area contributed by atoms with Crippen molar-refractivity contribution in [2.24, 2.45) is 5.92 Å². The lowest BCUT2D eigenvalue weighted by molar-refractivity contribution is -0.123. The molecule has 2 amide bonds. The van der Waals surface area contributed by atoms with Crippen LogP contribution in [0.15, 0.2) is 48.7 Å². The van der Waals surface area contributed by atoms with Crippen LogP contribution in [0.4, 0.5) is 14.5 Å². The summed E-state index contributed by atoms with van der Waals surface area (Å²) in [6.45, 7) is 0.514. The molecule has 2 aromatic carbocycles. The number of hydrogen-bond donors (Lipinski definition) is 2. The molecule has 0 spiro atoms. The van der Waals surface area contributed by atoms with E-state index in [1.54, 1.807) is 11.1 Å². The molecule has 7 heteroatoms. The number of carbonyl (C=O) groups is 2. The monoisotopic (exact) mass is 355 g/mol. The molecular formula is C19H15F2N3O2. The number of aromatic amines is 1. The zero-order chi connectivity index (χ0) is 18.3. The Bertz CT molecular complexity index is 1010. The lowest BCUT2D eigenvalue weighted by atomic mass is 9.97. The average molecular weight is 355 g/mol. The van der Waals surface area contributed by atoms with E-state index in [1.165, 1.54) is 6.07 Å². The Balaban J connectivity index is 1.40. The molecule has 0 radical (unpaired) electrons. The standard InChI is InChI=1S/C19H15F2N3O2/c20-12-5-6-17(15(21)7-12)23-18(25)11-9-24(10-11)19(26)14-8-22-16-4-2-1-3-13(14)16/h1-8,11,22H,9-10H2,(H,23,25). The third-order valence-electron chi connectivity index (χ3n) is 4.55. The number of anilines is 1. The highest BCUT2D eigenvalue weighted by Gasteiger charge is 2.36. The second-order valence-electron chi connectivity index (χ2n) is 6.27. The fourth-order valence-corrected chi connectivity index (χ4v) is 3.05. The van der Waals surface area contributed by atoms with Crippen molar-refractivity contribution in [2.75, 3.05) is 18.4 Å². The number of H-pyrrole nitrogens is 1. The summed E-state index contributed by atoms with van der Waals surface area (Å²) in [5.74, 6) is -2.50. The lowest BCUT2D eigenvalue weighted by Gasteiger charge is -2.38. The Hall–Kier alpha value is -3.22. The summed E-state index contributed by atoms with van der Waals surface area (Å²) in [4.78, 5) is 29.4. The van der Waals surface area contributed by atoms with Crippen molar-refractivity contribution >= 4 is 28.4 Å². The van der Waals surface area contributed by atoms with Gasteiger partial charge in [0.15, 0.2) is 0 Å². The van der Waals surface area contributed by atoms with Gasteiger partial charge in [-0.15, -0.1) is 0 Å². The van der Waals surface area contributed by atoms with Crippen LogP contribution in [0.5, 0.6) is 0 Å². The van der Waals surface area contributed by atoms with Crippen LogP contribution >= 0.6 is 0 Å². The summed E-state index contributed by atoms with van der Waals surface area (Å²) in [7, 11) is 0. The van der Waals surface area contributed by atoms with Gasteiger partial charge in [-0.05, 0) is 18.2 Å². The van der Waals surface area contributed by atoms with E-state index in [-0.39, 0.29) is 24.7 Å². The molecule has 132 valence electrons. The van der Waals surface area contributed by atoms with Gasteiger partial charge in [0.2, 0.25) is 5.91 Å². The van der Waals surface area contributed by atoms with Gasteiger partial charge in [0, 0.05) is 36.3 Å². The molecule has 1 aliphatic heterocycles. The largest absolute Gasteiger partial charge is 0.360 e. The number of aromatic nitrogens is 1. The Morgan fingerprint density at radius 3 is 2.65 bits per heavy atom. The summed E-state index contributed by atoms with van der Waals surface area (Å²) in [5.41, 5.74) is 1.36. The SMILES string of the molecule is O=C(Nc1ccc(F)cc1F)C1CN(C(=O)c2c[nH]c3ccccc23)C1. The Morgan fingerprint density at radius 2 is 1.88 bits per heavy atom. The van der Waals surface area contributed by atoms with E-state index >= 15 is 0 Å². The topological polar surface area (TPSA) is 65.2 Å². The van der Waals surface area contributed by atoms with Gasteiger partial charge >= 0.3 is 0 Å². The summed E-state index contributed by atoms with van der Waals surface area (Å²) in [6.07, 6.45) is 1.66. The van der Waals surface area contributed by atoms with Crippen molar-refractivity contribution in [1.82, 2.24) is 9.88 Å². The first-order valence-corrected chi connectivity index (χ1v) is 8.14. The molecule has 0 bridgehead atoms. The van der Waals surface area contributed by atoms with Gasteiger partial charge in [-0.2, -0.15) is 0 Å². The molecule has 0 aliphatic carbocycles. The number of nitrogens with zero attached hydrogens (tertiary/aromatic N) is 1. The fraction of sp³-hybridized carbons (Fsp3) is 0.158. The van der Waals surface area contributed by atoms with E-state index in [4.69, 9.17) is 0 Å². The first-order chi connectivity index (χ1) is 12.5. The smallest absolute Gasteiger partial charge is 0.256 e. The molecule has 0 unspecified atom stereocenters. The van der Waals surface area contributed by atoms with Crippen LogP contribution in [-0.2, 0) is 4.79 Å². The van der Waals surface area contributed by atoms with Gasteiger partial charge < -0.3 is 15.2 Å². The Morgan fingerprint density at radius 1 is 1.12 bits per heavy atom.